The summed E-state index contributed by atoms with van der Waals surface area (Å²) in [6, 6.07) is 7.04. The molecule has 1 aromatic heterocycles. The molecule has 0 spiro atoms. The number of carbonyl (C=O) groups is 1. The number of nitrogens with zero attached hydrogens (tertiary/aromatic N) is 2. The number of Topliss-reactive ketones (excluding diaryl/α,β-unsaturated/α-hetero) is 1. The molecule has 1 aromatic carbocycles. The number of ether oxygens (including phenoxy) is 1. The Balaban J connectivity index is 2.10. The number of benzene rings is 1. The van der Waals surface area contributed by atoms with Gasteiger partial charge in [0.1, 0.15) is 5.75 Å². The van der Waals surface area contributed by atoms with Crippen LogP contribution in [0.15, 0.2) is 34.2 Å². The average molecular weight is 279 g/mol. The number of methoxy groups -OCH3 is 1. The third-order valence-corrected chi connectivity index (χ3v) is 3.61. The molecule has 0 radical (unpaired) electrons. The van der Waals surface area contributed by atoms with E-state index in [1.165, 1.54) is 23.4 Å². The maximum absolute atomic E-state index is 12.1. The van der Waals surface area contributed by atoms with Crippen LogP contribution in [-0.4, -0.2) is 33.4 Å². The first-order chi connectivity index (χ1) is 9.13. The zero-order chi connectivity index (χ0) is 13.8. The molecule has 0 aliphatic rings. The molecule has 0 aliphatic carbocycles. The first-order valence-corrected chi connectivity index (χ1v) is 6.52. The van der Waals surface area contributed by atoms with Crippen LogP contribution >= 0.6 is 11.8 Å². The molecule has 0 unspecified atom stereocenters. The molecule has 0 bridgehead atoms. The van der Waals surface area contributed by atoms with Gasteiger partial charge in [-0.25, -0.2) is 9.89 Å². The summed E-state index contributed by atoms with van der Waals surface area (Å²) in [7, 11) is 3.12. The van der Waals surface area contributed by atoms with Gasteiger partial charge in [-0.2, -0.15) is 0 Å². The van der Waals surface area contributed by atoms with Gasteiger partial charge in [-0.05, 0) is 12.1 Å². The highest BCUT2D eigenvalue weighted by Gasteiger charge is 2.13. The van der Waals surface area contributed by atoms with Gasteiger partial charge in [0.15, 0.2) is 10.9 Å². The maximum atomic E-state index is 12.1. The summed E-state index contributed by atoms with van der Waals surface area (Å²) in [6.07, 6.45) is 0. The van der Waals surface area contributed by atoms with Crippen molar-refractivity contribution >= 4 is 17.5 Å². The SMILES string of the molecule is COc1ccccc1C(=O)CSc1n[nH]c(=O)n1C. The summed E-state index contributed by atoms with van der Waals surface area (Å²) >= 11 is 1.21. The Bertz CT molecular complexity index is 648. The van der Waals surface area contributed by atoms with E-state index in [1.54, 1.807) is 31.3 Å². The summed E-state index contributed by atoms with van der Waals surface area (Å²) in [4.78, 5) is 23.3. The lowest BCUT2D eigenvalue weighted by atomic mass is 10.1. The third-order valence-electron chi connectivity index (χ3n) is 2.58. The number of thioether (sulfide) groups is 1. The van der Waals surface area contributed by atoms with Crippen LogP contribution in [0.25, 0.3) is 0 Å². The van der Waals surface area contributed by atoms with Crippen molar-refractivity contribution < 1.29 is 9.53 Å². The number of aromatic nitrogens is 3. The minimum absolute atomic E-state index is 0.0714. The van der Waals surface area contributed by atoms with E-state index in [9.17, 15) is 9.59 Å². The van der Waals surface area contributed by atoms with E-state index in [4.69, 9.17) is 4.74 Å². The number of carbonyl (C=O) groups excluding carboxylic acids is 1. The van der Waals surface area contributed by atoms with Gasteiger partial charge >= 0.3 is 5.69 Å². The normalized spacial score (nSPS) is 10.4. The zero-order valence-corrected chi connectivity index (χ0v) is 11.4. The van der Waals surface area contributed by atoms with E-state index in [1.807, 2.05) is 0 Å². The number of nitrogens with one attached hydrogen (secondary N) is 1. The van der Waals surface area contributed by atoms with Crippen molar-refractivity contribution in [3.8, 4) is 5.75 Å². The second kappa shape index (κ2) is 5.75. The Hall–Kier alpha value is -2.02. The molecule has 0 atom stereocenters. The summed E-state index contributed by atoms with van der Waals surface area (Å²) in [5, 5.41) is 6.63. The number of ketones is 1. The number of aromatic amines is 1. The zero-order valence-electron chi connectivity index (χ0n) is 10.5. The van der Waals surface area contributed by atoms with Crippen molar-refractivity contribution in [1.82, 2.24) is 14.8 Å². The molecular weight excluding hydrogens is 266 g/mol. The molecule has 0 saturated carbocycles. The average Bonchev–Trinajstić information content (AvgIpc) is 2.76. The summed E-state index contributed by atoms with van der Waals surface area (Å²) in [5.41, 5.74) is 0.227. The molecule has 1 heterocycles. The summed E-state index contributed by atoms with van der Waals surface area (Å²) in [6.45, 7) is 0. The monoisotopic (exact) mass is 279 g/mol. The molecule has 0 fully saturated rings. The molecule has 0 saturated heterocycles. The summed E-state index contributed by atoms with van der Waals surface area (Å²) < 4.78 is 6.50. The lowest BCUT2D eigenvalue weighted by Gasteiger charge is -2.06. The van der Waals surface area contributed by atoms with E-state index in [0.717, 1.165) is 0 Å². The van der Waals surface area contributed by atoms with Crippen LogP contribution in [-0.2, 0) is 7.05 Å². The number of para-hydroxylation sites is 1. The molecule has 1 N–H and O–H groups in total. The van der Waals surface area contributed by atoms with Gasteiger partial charge in [0.25, 0.3) is 0 Å². The highest BCUT2D eigenvalue weighted by Crippen LogP contribution is 2.21. The minimum atomic E-state index is -0.299. The van der Waals surface area contributed by atoms with Crippen LogP contribution in [0.3, 0.4) is 0 Å². The molecule has 7 heteroatoms. The smallest absolute Gasteiger partial charge is 0.343 e. The lowest BCUT2D eigenvalue weighted by Crippen LogP contribution is -2.13. The Morgan fingerprint density at radius 3 is 2.84 bits per heavy atom. The van der Waals surface area contributed by atoms with Gasteiger partial charge in [-0.15, -0.1) is 5.10 Å². The van der Waals surface area contributed by atoms with Crippen molar-refractivity contribution in [3.63, 3.8) is 0 Å². The van der Waals surface area contributed by atoms with Crippen LogP contribution in [0.1, 0.15) is 10.4 Å². The Kier molecular flexibility index (Phi) is 4.06. The molecule has 0 amide bonds. The number of hydrogen-bond acceptors (Lipinski definition) is 5. The van der Waals surface area contributed by atoms with Crippen LogP contribution in [0, 0.1) is 0 Å². The van der Waals surface area contributed by atoms with Crippen molar-refractivity contribution in [3.05, 3.63) is 40.3 Å². The molecule has 0 aliphatic heterocycles. The van der Waals surface area contributed by atoms with E-state index in [-0.39, 0.29) is 17.2 Å². The second-order valence-corrected chi connectivity index (χ2v) is 4.72. The highest BCUT2D eigenvalue weighted by atomic mass is 32.2. The maximum Gasteiger partial charge on any atom is 0.343 e. The van der Waals surface area contributed by atoms with Crippen LogP contribution in [0.2, 0.25) is 0 Å². The molecule has 100 valence electrons. The van der Waals surface area contributed by atoms with Gasteiger partial charge in [-0.1, -0.05) is 23.9 Å². The first-order valence-electron chi connectivity index (χ1n) is 5.54. The fourth-order valence-corrected chi connectivity index (χ4v) is 2.35. The van der Waals surface area contributed by atoms with Crippen molar-refractivity contribution in [2.24, 2.45) is 7.05 Å². The largest absolute Gasteiger partial charge is 0.496 e. The van der Waals surface area contributed by atoms with Gasteiger partial charge in [0, 0.05) is 7.05 Å². The van der Waals surface area contributed by atoms with Gasteiger partial charge in [-0.3, -0.25) is 9.36 Å². The molecule has 2 aromatic rings. The Morgan fingerprint density at radius 1 is 1.47 bits per heavy atom. The topological polar surface area (TPSA) is 77.0 Å². The first kappa shape index (κ1) is 13.4. The minimum Gasteiger partial charge on any atom is -0.496 e. The molecule has 2 rings (SSSR count). The van der Waals surface area contributed by atoms with Gasteiger partial charge in [0.05, 0.1) is 18.4 Å². The lowest BCUT2D eigenvalue weighted by molar-refractivity contribution is 0.101. The highest BCUT2D eigenvalue weighted by molar-refractivity contribution is 7.99. The fraction of sp³-hybridized carbons (Fsp3) is 0.250. The molecule has 6 nitrogen and oxygen atoms in total. The van der Waals surface area contributed by atoms with Crippen LogP contribution in [0.5, 0.6) is 5.75 Å². The summed E-state index contributed by atoms with van der Waals surface area (Å²) in [5.74, 6) is 0.667. The van der Waals surface area contributed by atoms with E-state index >= 15 is 0 Å². The van der Waals surface area contributed by atoms with E-state index < -0.39 is 0 Å². The second-order valence-electron chi connectivity index (χ2n) is 3.78. The van der Waals surface area contributed by atoms with E-state index in [0.29, 0.717) is 16.5 Å². The predicted octanol–water partition coefficient (Wildman–Crippen LogP) is 1.09. The predicted molar refractivity (Wildman–Crippen MR) is 71.9 cm³/mol. The number of hydrogen-bond donors (Lipinski definition) is 1. The van der Waals surface area contributed by atoms with Crippen LogP contribution < -0.4 is 10.4 Å². The third kappa shape index (κ3) is 2.87. The molecular formula is C12H13N3O3S. The number of H-pyrrole nitrogens is 1. The van der Waals surface area contributed by atoms with Gasteiger partial charge < -0.3 is 4.74 Å². The fourth-order valence-electron chi connectivity index (χ4n) is 1.54. The van der Waals surface area contributed by atoms with Crippen molar-refractivity contribution in [2.45, 2.75) is 5.16 Å². The van der Waals surface area contributed by atoms with Crippen molar-refractivity contribution in [1.29, 1.82) is 0 Å². The Morgan fingerprint density at radius 2 is 2.21 bits per heavy atom. The number of rotatable bonds is 5. The van der Waals surface area contributed by atoms with Crippen LogP contribution in [0.4, 0.5) is 0 Å². The Labute approximate surface area is 113 Å². The van der Waals surface area contributed by atoms with Gasteiger partial charge in [0.2, 0.25) is 0 Å². The van der Waals surface area contributed by atoms with Crippen molar-refractivity contribution in [2.75, 3.05) is 12.9 Å². The quantitative estimate of drug-likeness (QED) is 0.655. The molecule has 19 heavy (non-hydrogen) atoms. The van der Waals surface area contributed by atoms with E-state index in [2.05, 4.69) is 10.2 Å². The standard InChI is InChI=1S/C12H13N3O3S/c1-15-11(17)13-14-12(15)19-7-9(16)8-5-3-4-6-10(8)18-2/h3-6H,7H2,1-2H3,(H,13,17).